The van der Waals surface area contributed by atoms with Crippen LogP contribution >= 0.6 is 17.0 Å². The van der Waals surface area contributed by atoms with E-state index < -0.39 is 0 Å². The maximum Gasteiger partial charge on any atom is 0.0594 e. The Labute approximate surface area is 153 Å². The molecule has 3 aromatic carbocycles. The number of rotatable bonds is 1. The van der Waals surface area contributed by atoms with Gasteiger partial charge in [0, 0.05) is 12.0 Å². The third-order valence-corrected chi connectivity index (χ3v) is 5.41. The van der Waals surface area contributed by atoms with Crippen LogP contribution in [-0.2, 0) is 0 Å². The zero-order chi connectivity index (χ0) is 15.4. The summed E-state index contributed by atoms with van der Waals surface area (Å²) in [6, 6.07) is 27.3. The molecule has 0 saturated heterocycles. The highest BCUT2D eigenvalue weighted by Crippen LogP contribution is 2.50. The molecule has 1 heterocycles. The summed E-state index contributed by atoms with van der Waals surface area (Å²) in [7, 11) is 0. The fourth-order valence-corrected chi connectivity index (χ4v) is 4.49. The molecule has 0 amide bonds. The minimum absolute atomic E-state index is 0. The van der Waals surface area contributed by atoms with Crippen LogP contribution in [-0.4, -0.2) is 6.04 Å². The second-order valence-corrected chi connectivity index (χ2v) is 6.67. The first kappa shape index (κ1) is 15.6. The molecule has 1 nitrogen and oxygen atoms in total. The van der Waals surface area contributed by atoms with Crippen molar-refractivity contribution in [1.82, 2.24) is 5.32 Å². The van der Waals surface area contributed by atoms with Gasteiger partial charge in [0.05, 0.1) is 6.04 Å². The van der Waals surface area contributed by atoms with Crippen molar-refractivity contribution in [2.75, 3.05) is 0 Å². The van der Waals surface area contributed by atoms with Crippen LogP contribution in [0, 0.1) is 0 Å². The maximum absolute atomic E-state index is 3.88. The van der Waals surface area contributed by atoms with E-state index in [1.54, 1.807) is 0 Å². The van der Waals surface area contributed by atoms with Crippen molar-refractivity contribution in [1.29, 1.82) is 0 Å². The summed E-state index contributed by atoms with van der Waals surface area (Å²) >= 11 is 0. The van der Waals surface area contributed by atoms with E-state index in [-0.39, 0.29) is 17.0 Å². The third-order valence-electron chi connectivity index (χ3n) is 5.41. The van der Waals surface area contributed by atoms with Crippen molar-refractivity contribution in [3.8, 4) is 11.1 Å². The Bertz CT molecular complexity index is 887. The largest absolute Gasteiger partial charge is 0.303 e. The molecule has 1 aliphatic carbocycles. The molecule has 0 spiro atoms. The Morgan fingerprint density at radius 1 is 0.708 bits per heavy atom. The van der Waals surface area contributed by atoms with Crippen molar-refractivity contribution in [3.05, 3.63) is 95.1 Å². The number of halogens is 1. The Morgan fingerprint density at radius 3 is 2.21 bits per heavy atom. The Morgan fingerprint density at radius 2 is 1.38 bits per heavy atom. The average molecular weight is 378 g/mol. The molecule has 24 heavy (non-hydrogen) atoms. The van der Waals surface area contributed by atoms with Gasteiger partial charge in [-0.15, -0.1) is 17.0 Å². The van der Waals surface area contributed by atoms with Gasteiger partial charge in [0.2, 0.25) is 0 Å². The zero-order valence-corrected chi connectivity index (χ0v) is 15.3. The van der Waals surface area contributed by atoms with Crippen molar-refractivity contribution in [2.24, 2.45) is 0 Å². The van der Waals surface area contributed by atoms with Crippen LogP contribution in [0.1, 0.15) is 41.1 Å². The van der Waals surface area contributed by atoms with Crippen LogP contribution in [0.25, 0.3) is 11.1 Å². The van der Waals surface area contributed by atoms with Gasteiger partial charge in [-0.1, -0.05) is 72.8 Å². The molecule has 3 unspecified atom stereocenters. The summed E-state index contributed by atoms with van der Waals surface area (Å²) in [6.45, 7) is 2.31. The topological polar surface area (TPSA) is 12.0 Å². The predicted molar refractivity (Wildman–Crippen MR) is 105 cm³/mol. The van der Waals surface area contributed by atoms with E-state index in [0.717, 1.165) is 0 Å². The summed E-state index contributed by atoms with van der Waals surface area (Å²) < 4.78 is 0. The molecule has 120 valence electrons. The van der Waals surface area contributed by atoms with E-state index in [9.17, 15) is 0 Å². The fourth-order valence-electron chi connectivity index (χ4n) is 4.49. The van der Waals surface area contributed by atoms with Gasteiger partial charge < -0.3 is 5.32 Å². The summed E-state index contributed by atoms with van der Waals surface area (Å²) in [5, 5.41) is 3.88. The van der Waals surface area contributed by atoms with Crippen LogP contribution in [0.4, 0.5) is 0 Å². The first-order valence-corrected chi connectivity index (χ1v) is 8.37. The van der Waals surface area contributed by atoms with Gasteiger partial charge >= 0.3 is 0 Å². The third kappa shape index (κ3) is 2.10. The van der Waals surface area contributed by atoms with Crippen molar-refractivity contribution < 1.29 is 0 Å². The highest BCUT2D eigenvalue weighted by molar-refractivity contribution is 8.93. The lowest BCUT2D eigenvalue weighted by atomic mass is 9.78. The van der Waals surface area contributed by atoms with E-state index in [2.05, 4.69) is 85.0 Å². The lowest BCUT2D eigenvalue weighted by molar-refractivity contribution is 0.432. The molecule has 3 aromatic rings. The van der Waals surface area contributed by atoms with Crippen molar-refractivity contribution in [3.63, 3.8) is 0 Å². The quantitative estimate of drug-likeness (QED) is 0.593. The molecule has 0 bridgehead atoms. The molecule has 0 fully saturated rings. The minimum Gasteiger partial charge on any atom is -0.303 e. The van der Waals surface area contributed by atoms with E-state index in [4.69, 9.17) is 0 Å². The maximum atomic E-state index is 3.88. The highest BCUT2D eigenvalue weighted by Gasteiger charge is 2.39. The molecular formula is C22H20BrN. The number of nitrogens with one attached hydrogen (secondary N) is 1. The first-order valence-electron chi connectivity index (χ1n) is 8.37. The van der Waals surface area contributed by atoms with Crippen molar-refractivity contribution in [2.45, 2.75) is 24.9 Å². The first-order chi connectivity index (χ1) is 11.3. The van der Waals surface area contributed by atoms with Gasteiger partial charge in [-0.2, -0.15) is 0 Å². The standard InChI is InChI=1S/C22H19N.BrH/c1-14-20(15-8-3-2-4-9-15)19-13-7-12-17-16-10-5-6-11-18(16)22(23-14)21(17)19;/h2-14,20,22-23H,1H3;1H. The second kappa shape index (κ2) is 5.87. The van der Waals surface area contributed by atoms with Crippen LogP contribution in [0.3, 0.4) is 0 Å². The predicted octanol–water partition coefficient (Wildman–Crippen LogP) is 5.46. The lowest BCUT2D eigenvalue weighted by Crippen LogP contribution is -2.40. The number of hydrogen-bond donors (Lipinski definition) is 1. The fraction of sp³-hybridized carbons (Fsp3) is 0.182. The molecule has 2 heteroatoms. The number of benzene rings is 3. The molecule has 2 aliphatic rings. The normalized spacial score (nSPS) is 23.1. The van der Waals surface area contributed by atoms with E-state index in [1.165, 1.54) is 33.4 Å². The SMILES string of the molecule is Br.CC1NC2c3ccccc3-c3cccc(c32)C1c1ccccc1. The van der Waals surface area contributed by atoms with Gasteiger partial charge in [-0.3, -0.25) is 0 Å². The Balaban J connectivity index is 0.00000146. The summed E-state index contributed by atoms with van der Waals surface area (Å²) in [5.41, 5.74) is 8.59. The molecule has 1 aliphatic heterocycles. The van der Waals surface area contributed by atoms with Gasteiger partial charge in [-0.25, -0.2) is 0 Å². The summed E-state index contributed by atoms with van der Waals surface area (Å²) in [6.07, 6.45) is 0. The van der Waals surface area contributed by atoms with E-state index in [1.807, 2.05) is 0 Å². The molecule has 0 saturated carbocycles. The Hall–Kier alpha value is -1.90. The van der Waals surface area contributed by atoms with Crippen molar-refractivity contribution >= 4 is 17.0 Å². The highest BCUT2D eigenvalue weighted by atomic mass is 79.9. The van der Waals surface area contributed by atoms with Gasteiger partial charge in [0.15, 0.2) is 0 Å². The van der Waals surface area contributed by atoms with Crippen LogP contribution < -0.4 is 5.32 Å². The molecule has 1 N–H and O–H groups in total. The van der Waals surface area contributed by atoms with Gasteiger partial charge in [-0.05, 0) is 40.3 Å². The number of fused-ring (bicyclic) bond motifs is 3. The summed E-state index contributed by atoms with van der Waals surface area (Å²) in [5.74, 6) is 0.414. The zero-order valence-electron chi connectivity index (χ0n) is 13.6. The van der Waals surface area contributed by atoms with Crippen LogP contribution in [0.2, 0.25) is 0 Å². The smallest absolute Gasteiger partial charge is 0.0594 e. The lowest BCUT2D eigenvalue weighted by Gasteiger charge is -2.37. The van der Waals surface area contributed by atoms with Gasteiger partial charge in [0.25, 0.3) is 0 Å². The molecule has 3 atom stereocenters. The number of hydrogen-bond acceptors (Lipinski definition) is 1. The summed E-state index contributed by atoms with van der Waals surface area (Å²) in [4.78, 5) is 0. The average Bonchev–Trinajstić information content (AvgIpc) is 2.92. The van der Waals surface area contributed by atoms with Gasteiger partial charge in [0.1, 0.15) is 0 Å². The van der Waals surface area contributed by atoms with E-state index >= 15 is 0 Å². The molecule has 5 rings (SSSR count). The van der Waals surface area contributed by atoms with Crippen LogP contribution in [0.15, 0.2) is 72.8 Å². The minimum atomic E-state index is 0. The monoisotopic (exact) mass is 377 g/mol. The van der Waals surface area contributed by atoms with E-state index in [0.29, 0.717) is 18.0 Å². The molecule has 0 aromatic heterocycles. The Kier molecular flexibility index (Phi) is 3.82. The molecule has 0 radical (unpaired) electrons. The molecular weight excluding hydrogens is 358 g/mol. The van der Waals surface area contributed by atoms with Crippen LogP contribution in [0.5, 0.6) is 0 Å². The second-order valence-electron chi connectivity index (χ2n) is 6.67.